The molecule has 0 fully saturated rings. The molecular formula is C18H21N5O2. The van der Waals surface area contributed by atoms with Crippen molar-refractivity contribution >= 4 is 11.6 Å². The zero-order valence-corrected chi connectivity index (χ0v) is 14.6. The third-order valence-corrected chi connectivity index (χ3v) is 4.14. The zero-order chi connectivity index (χ0) is 17.8. The van der Waals surface area contributed by atoms with Gasteiger partial charge < -0.3 is 14.4 Å². The molecule has 0 atom stereocenters. The van der Waals surface area contributed by atoms with Crippen LogP contribution in [0.25, 0.3) is 11.4 Å². The number of rotatable bonds is 6. The van der Waals surface area contributed by atoms with E-state index in [2.05, 4.69) is 20.7 Å². The van der Waals surface area contributed by atoms with Gasteiger partial charge >= 0.3 is 0 Å². The molecule has 3 aromatic rings. The van der Waals surface area contributed by atoms with E-state index in [1.54, 1.807) is 6.33 Å². The Morgan fingerprint density at radius 1 is 1.32 bits per heavy atom. The molecule has 0 radical (unpaired) electrons. The van der Waals surface area contributed by atoms with Crippen LogP contribution in [0, 0.1) is 13.8 Å². The van der Waals surface area contributed by atoms with Crippen LogP contribution in [0.15, 0.2) is 35.1 Å². The molecule has 1 N–H and O–H groups in total. The molecule has 2 heterocycles. The minimum absolute atomic E-state index is 0.0471. The molecule has 0 aliphatic carbocycles. The van der Waals surface area contributed by atoms with Crippen molar-refractivity contribution in [3.63, 3.8) is 0 Å². The number of anilines is 1. The second-order valence-corrected chi connectivity index (χ2v) is 5.87. The largest absolute Gasteiger partial charge is 0.361 e. The first kappa shape index (κ1) is 16.9. The molecule has 0 bridgehead atoms. The topological polar surface area (TPSA) is 85.8 Å². The third kappa shape index (κ3) is 3.76. The maximum absolute atomic E-state index is 12.3. The fourth-order valence-electron chi connectivity index (χ4n) is 2.77. The van der Waals surface area contributed by atoms with E-state index in [0.717, 1.165) is 40.6 Å². The molecule has 2 aromatic heterocycles. The molecule has 0 saturated heterocycles. The molecule has 1 aromatic carbocycles. The van der Waals surface area contributed by atoms with Gasteiger partial charge in [-0.3, -0.25) is 4.79 Å². The Morgan fingerprint density at radius 2 is 2.16 bits per heavy atom. The van der Waals surface area contributed by atoms with Gasteiger partial charge in [-0.15, -0.1) is 10.2 Å². The van der Waals surface area contributed by atoms with Crippen molar-refractivity contribution in [2.45, 2.75) is 40.2 Å². The van der Waals surface area contributed by atoms with Crippen LogP contribution in [0.2, 0.25) is 0 Å². The Kier molecular flexibility index (Phi) is 4.92. The van der Waals surface area contributed by atoms with Crippen LogP contribution < -0.4 is 5.32 Å². The van der Waals surface area contributed by atoms with E-state index in [1.165, 1.54) is 0 Å². The van der Waals surface area contributed by atoms with E-state index < -0.39 is 0 Å². The number of nitrogens with one attached hydrogen (secondary N) is 1. The van der Waals surface area contributed by atoms with Gasteiger partial charge in [0.05, 0.1) is 5.69 Å². The molecule has 25 heavy (non-hydrogen) atoms. The first-order valence-electron chi connectivity index (χ1n) is 8.28. The number of carbonyl (C=O) groups excluding carboxylic acids is 1. The molecule has 0 unspecified atom stereocenters. The van der Waals surface area contributed by atoms with Crippen molar-refractivity contribution in [3.8, 4) is 11.4 Å². The average molecular weight is 339 g/mol. The summed E-state index contributed by atoms with van der Waals surface area (Å²) in [5, 5.41) is 14.9. The van der Waals surface area contributed by atoms with Crippen LogP contribution in [0.1, 0.15) is 30.4 Å². The van der Waals surface area contributed by atoms with E-state index >= 15 is 0 Å². The predicted octanol–water partition coefficient (Wildman–Crippen LogP) is 3.14. The number of aryl methyl sites for hydroxylation is 3. The molecular weight excluding hydrogens is 318 g/mol. The van der Waals surface area contributed by atoms with Crippen molar-refractivity contribution in [3.05, 3.63) is 47.6 Å². The predicted molar refractivity (Wildman–Crippen MR) is 94.1 cm³/mol. The minimum Gasteiger partial charge on any atom is -0.361 e. The van der Waals surface area contributed by atoms with Crippen molar-refractivity contribution in [1.29, 1.82) is 0 Å². The molecule has 7 nitrogen and oxygen atoms in total. The monoisotopic (exact) mass is 339 g/mol. The molecule has 0 spiro atoms. The summed E-state index contributed by atoms with van der Waals surface area (Å²) in [4.78, 5) is 12.3. The Bertz CT molecular complexity index is 862. The Morgan fingerprint density at radius 3 is 2.88 bits per heavy atom. The van der Waals surface area contributed by atoms with Crippen LogP contribution in [0.4, 0.5) is 5.69 Å². The number of hydrogen-bond acceptors (Lipinski definition) is 5. The molecule has 0 aliphatic heterocycles. The van der Waals surface area contributed by atoms with Gasteiger partial charge in [-0.1, -0.05) is 17.3 Å². The lowest BCUT2D eigenvalue weighted by Crippen LogP contribution is -2.12. The van der Waals surface area contributed by atoms with Crippen LogP contribution in [-0.2, 0) is 17.8 Å². The highest BCUT2D eigenvalue weighted by Crippen LogP contribution is 2.21. The summed E-state index contributed by atoms with van der Waals surface area (Å²) in [6, 6.07) is 7.62. The summed E-state index contributed by atoms with van der Waals surface area (Å²) in [7, 11) is 0. The Labute approximate surface area is 146 Å². The highest BCUT2D eigenvalue weighted by Gasteiger charge is 2.12. The van der Waals surface area contributed by atoms with Gasteiger partial charge in [0, 0.05) is 29.8 Å². The van der Waals surface area contributed by atoms with Crippen LogP contribution in [0.3, 0.4) is 0 Å². The lowest BCUT2D eigenvalue weighted by atomic mass is 10.1. The summed E-state index contributed by atoms with van der Waals surface area (Å²) in [5.41, 5.74) is 3.50. The lowest BCUT2D eigenvalue weighted by Gasteiger charge is -2.08. The lowest BCUT2D eigenvalue weighted by molar-refractivity contribution is -0.116. The normalized spacial score (nSPS) is 10.8. The number of benzene rings is 1. The molecule has 130 valence electrons. The molecule has 3 rings (SSSR count). The fraction of sp³-hybridized carbons (Fsp3) is 0.333. The van der Waals surface area contributed by atoms with E-state index in [9.17, 15) is 4.79 Å². The molecule has 0 aliphatic rings. The highest BCUT2D eigenvalue weighted by atomic mass is 16.5. The van der Waals surface area contributed by atoms with Gasteiger partial charge in [-0.25, -0.2) is 0 Å². The molecule has 0 saturated carbocycles. The molecule has 1 amide bonds. The molecule has 7 heteroatoms. The number of aromatic nitrogens is 4. The standard InChI is InChI=1S/C18H21N5O2/c1-4-23-11-19-21-18(23)14-6-5-7-15(10-14)20-17(24)9-8-16-12(2)22-25-13(16)3/h5-7,10-11H,4,8-9H2,1-3H3,(H,20,24). The van der Waals surface area contributed by atoms with Gasteiger partial charge in [-0.2, -0.15) is 0 Å². The SMILES string of the molecule is CCn1cnnc1-c1cccc(NC(=O)CCc2c(C)noc2C)c1. The Hall–Kier alpha value is -2.96. The summed E-state index contributed by atoms with van der Waals surface area (Å²) in [5.74, 6) is 1.51. The summed E-state index contributed by atoms with van der Waals surface area (Å²) in [6.45, 7) is 6.57. The van der Waals surface area contributed by atoms with E-state index in [-0.39, 0.29) is 5.91 Å². The van der Waals surface area contributed by atoms with Gasteiger partial charge in [0.25, 0.3) is 0 Å². The second-order valence-electron chi connectivity index (χ2n) is 5.87. The quantitative estimate of drug-likeness (QED) is 0.745. The smallest absolute Gasteiger partial charge is 0.224 e. The zero-order valence-electron chi connectivity index (χ0n) is 14.6. The minimum atomic E-state index is -0.0471. The van der Waals surface area contributed by atoms with Crippen LogP contribution >= 0.6 is 0 Å². The van der Waals surface area contributed by atoms with Crippen molar-refractivity contribution in [2.24, 2.45) is 0 Å². The first-order valence-corrected chi connectivity index (χ1v) is 8.28. The van der Waals surface area contributed by atoms with E-state index in [4.69, 9.17) is 4.52 Å². The average Bonchev–Trinajstić information content (AvgIpc) is 3.20. The first-order chi connectivity index (χ1) is 12.1. The number of nitrogens with zero attached hydrogens (tertiary/aromatic N) is 4. The number of carbonyl (C=O) groups is 1. The van der Waals surface area contributed by atoms with Crippen LogP contribution in [0.5, 0.6) is 0 Å². The maximum atomic E-state index is 12.3. The van der Waals surface area contributed by atoms with Crippen LogP contribution in [-0.4, -0.2) is 25.8 Å². The number of amides is 1. The van der Waals surface area contributed by atoms with Gasteiger partial charge in [0.2, 0.25) is 5.91 Å². The Balaban J connectivity index is 1.67. The number of hydrogen-bond donors (Lipinski definition) is 1. The van der Waals surface area contributed by atoms with E-state index in [0.29, 0.717) is 12.8 Å². The van der Waals surface area contributed by atoms with Crippen molar-refractivity contribution < 1.29 is 9.32 Å². The summed E-state index contributed by atoms with van der Waals surface area (Å²) < 4.78 is 7.08. The van der Waals surface area contributed by atoms with E-state index in [1.807, 2.05) is 49.6 Å². The summed E-state index contributed by atoms with van der Waals surface area (Å²) >= 11 is 0. The highest BCUT2D eigenvalue weighted by molar-refractivity contribution is 5.91. The third-order valence-electron chi connectivity index (χ3n) is 4.14. The van der Waals surface area contributed by atoms with Gasteiger partial charge in [-0.05, 0) is 39.3 Å². The van der Waals surface area contributed by atoms with Gasteiger partial charge in [0.1, 0.15) is 12.1 Å². The van der Waals surface area contributed by atoms with Crippen molar-refractivity contribution in [2.75, 3.05) is 5.32 Å². The van der Waals surface area contributed by atoms with Crippen molar-refractivity contribution in [1.82, 2.24) is 19.9 Å². The fourth-order valence-corrected chi connectivity index (χ4v) is 2.77. The maximum Gasteiger partial charge on any atom is 0.224 e. The summed E-state index contributed by atoms with van der Waals surface area (Å²) in [6.07, 6.45) is 2.68. The van der Waals surface area contributed by atoms with Gasteiger partial charge in [0.15, 0.2) is 5.82 Å². The second kappa shape index (κ2) is 7.29.